The molecule has 0 bridgehead atoms. The minimum Gasteiger partial charge on any atom is -0.319 e. The molecule has 1 saturated carbocycles. The molecule has 20 heavy (non-hydrogen) atoms. The summed E-state index contributed by atoms with van der Waals surface area (Å²) in [6.07, 6.45) is 2.82. The topological polar surface area (TPSA) is 32.3 Å². The van der Waals surface area contributed by atoms with Crippen LogP contribution in [-0.2, 0) is 4.79 Å². The monoisotopic (exact) mass is 276 g/mol. The fraction of sp³-hybridized carbons (Fsp3) is 0.562. The summed E-state index contributed by atoms with van der Waals surface area (Å²) in [5.74, 6) is 0.648. The number of halogens is 1. The van der Waals surface area contributed by atoms with E-state index in [0.717, 1.165) is 24.8 Å². The number of nitrogens with one attached hydrogen (secondary N) is 1. The first-order chi connectivity index (χ1) is 9.60. The lowest BCUT2D eigenvalue weighted by molar-refractivity contribution is -0.135. The Hall–Kier alpha value is -1.42. The van der Waals surface area contributed by atoms with Crippen molar-refractivity contribution >= 4 is 5.91 Å². The molecule has 1 aliphatic heterocycles. The first kappa shape index (κ1) is 13.6. The summed E-state index contributed by atoms with van der Waals surface area (Å²) in [7, 11) is 0. The van der Waals surface area contributed by atoms with Gasteiger partial charge >= 0.3 is 0 Å². The predicted molar refractivity (Wildman–Crippen MR) is 75.4 cm³/mol. The molecule has 0 aromatic heterocycles. The molecular weight excluding hydrogens is 255 g/mol. The molecule has 4 heteroatoms. The van der Waals surface area contributed by atoms with Gasteiger partial charge in [-0.25, -0.2) is 4.39 Å². The third kappa shape index (κ3) is 2.22. The molecule has 1 amide bonds. The first-order valence-electron chi connectivity index (χ1n) is 7.43. The van der Waals surface area contributed by atoms with Crippen LogP contribution in [0.1, 0.15) is 44.8 Å². The van der Waals surface area contributed by atoms with Crippen LogP contribution >= 0.6 is 0 Å². The van der Waals surface area contributed by atoms with E-state index >= 15 is 0 Å². The Morgan fingerprint density at radius 1 is 1.30 bits per heavy atom. The van der Waals surface area contributed by atoms with E-state index in [-0.39, 0.29) is 23.9 Å². The highest BCUT2D eigenvalue weighted by molar-refractivity contribution is 5.85. The van der Waals surface area contributed by atoms with Crippen molar-refractivity contribution in [3.05, 3.63) is 35.6 Å². The number of hydrogen-bond acceptors (Lipinski definition) is 2. The van der Waals surface area contributed by atoms with Crippen LogP contribution in [0.2, 0.25) is 0 Å². The van der Waals surface area contributed by atoms with Crippen LogP contribution in [0.5, 0.6) is 0 Å². The van der Waals surface area contributed by atoms with E-state index in [1.54, 1.807) is 12.1 Å². The Kier molecular flexibility index (Phi) is 3.50. The van der Waals surface area contributed by atoms with Gasteiger partial charge in [-0.15, -0.1) is 0 Å². The quantitative estimate of drug-likeness (QED) is 0.920. The number of carbonyl (C=O) groups excluding carboxylic acids is 1. The van der Waals surface area contributed by atoms with E-state index in [4.69, 9.17) is 0 Å². The third-order valence-electron chi connectivity index (χ3n) is 4.53. The fourth-order valence-electron chi connectivity index (χ4n) is 3.32. The Morgan fingerprint density at radius 3 is 2.50 bits per heavy atom. The van der Waals surface area contributed by atoms with Gasteiger partial charge in [-0.1, -0.05) is 26.0 Å². The van der Waals surface area contributed by atoms with E-state index in [2.05, 4.69) is 12.2 Å². The fourth-order valence-corrected chi connectivity index (χ4v) is 3.32. The van der Waals surface area contributed by atoms with Crippen LogP contribution in [0, 0.1) is 11.7 Å². The van der Waals surface area contributed by atoms with E-state index in [1.807, 2.05) is 11.8 Å². The Labute approximate surface area is 119 Å². The number of benzene rings is 1. The number of amides is 1. The summed E-state index contributed by atoms with van der Waals surface area (Å²) in [5.41, 5.74) is 0.968. The van der Waals surface area contributed by atoms with Crippen molar-refractivity contribution in [2.75, 3.05) is 0 Å². The van der Waals surface area contributed by atoms with Crippen molar-refractivity contribution in [3.63, 3.8) is 0 Å². The summed E-state index contributed by atoms with van der Waals surface area (Å²) in [5, 5.41) is 3.39. The lowest BCUT2D eigenvalue weighted by Gasteiger charge is -2.42. The number of carbonyl (C=O) groups is 1. The maximum atomic E-state index is 13.1. The maximum absolute atomic E-state index is 13.1. The molecule has 1 saturated heterocycles. The van der Waals surface area contributed by atoms with Gasteiger partial charge in [-0.05, 0) is 42.9 Å². The highest BCUT2D eigenvalue weighted by atomic mass is 19.1. The second kappa shape index (κ2) is 5.17. The molecule has 2 atom stereocenters. The van der Waals surface area contributed by atoms with Gasteiger partial charge in [0, 0.05) is 6.04 Å². The van der Waals surface area contributed by atoms with Gasteiger partial charge in [0.25, 0.3) is 0 Å². The highest BCUT2D eigenvalue weighted by Gasteiger charge is 2.45. The molecule has 0 spiro atoms. The molecule has 0 radical (unpaired) electrons. The van der Waals surface area contributed by atoms with Crippen molar-refractivity contribution in [1.82, 2.24) is 10.2 Å². The van der Waals surface area contributed by atoms with E-state index < -0.39 is 0 Å². The maximum Gasteiger partial charge on any atom is 0.241 e. The Balaban J connectivity index is 1.86. The van der Waals surface area contributed by atoms with Crippen LogP contribution in [0.25, 0.3) is 0 Å². The van der Waals surface area contributed by atoms with Gasteiger partial charge in [-0.2, -0.15) is 0 Å². The standard InChI is InChI=1S/C16H21FN2O/c1-3-14-16(20)19(13-8-10(2)9-13)15(18-14)11-4-6-12(17)7-5-11/h4-7,10,13-15,18H,3,8-9H2,1-2H3. The SMILES string of the molecule is CCC1NC(c2ccc(F)cc2)N(C2CC(C)C2)C1=O. The number of nitrogens with zero attached hydrogens (tertiary/aromatic N) is 1. The zero-order valence-electron chi connectivity index (χ0n) is 12.0. The largest absolute Gasteiger partial charge is 0.319 e. The van der Waals surface area contributed by atoms with Crippen molar-refractivity contribution < 1.29 is 9.18 Å². The second-order valence-corrected chi connectivity index (χ2v) is 6.06. The van der Waals surface area contributed by atoms with E-state index in [9.17, 15) is 9.18 Å². The summed E-state index contributed by atoms with van der Waals surface area (Å²) in [6, 6.07) is 6.68. The van der Waals surface area contributed by atoms with Crippen molar-refractivity contribution in [1.29, 1.82) is 0 Å². The average Bonchev–Trinajstić information content (AvgIpc) is 2.73. The smallest absolute Gasteiger partial charge is 0.241 e. The molecule has 1 aromatic carbocycles. The molecule has 2 fully saturated rings. The van der Waals surface area contributed by atoms with Gasteiger partial charge in [0.2, 0.25) is 5.91 Å². The van der Waals surface area contributed by atoms with Gasteiger partial charge in [0.15, 0.2) is 0 Å². The minimum absolute atomic E-state index is 0.106. The summed E-state index contributed by atoms with van der Waals surface area (Å²) in [4.78, 5) is 14.5. The van der Waals surface area contributed by atoms with Crippen molar-refractivity contribution in [3.8, 4) is 0 Å². The molecule has 1 aliphatic carbocycles. The lowest BCUT2D eigenvalue weighted by Crippen LogP contribution is -2.47. The molecular formula is C16H21FN2O. The molecule has 1 N–H and O–H groups in total. The predicted octanol–water partition coefficient (Wildman–Crippen LogP) is 2.83. The molecule has 1 heterocycles. The van der Waals surface area contributed by atoms with Crippen LogP contribution in [-0.4, -0.2) is 22.9 Å². The van der Waals surface area contributed by atoms with Crippen LogP contribution in [0.15, 0.2) is 24.3 Å². The third-order valence-corrected chi connectivity index (χ3v) is 4.53. The zero-order valence-corrected chi connectivity index (χ0v) is 12.0. The molecule has 2 unspecified atom stereocenters. The second-order valence-electron chi connectivity index (χ2n) is 6.06. The summed E-state index contributed by atoms with van der Waals surface area (Å²) in [6.45, 7) is 4.23. The average molecular weight is 276 g/mol. The van der Waals surface area contributed by atoms with Crippen molar-refractivity contribution in [2.45, 2.75) is 51.4 Å². The van der Waals surface area contributed by atoms with Gasteiger partial charge in [0.05, 0.1) is 6.04 Å². The van der Waals surface area contributed by atoms with E-state index in [1.165, 1.54) is 12.1 Å². The summed E-state index contributed by atoms with van der Waals surface area (Å²) >= 11 is 0. The lowest BCUT2D eigenvalue weighted by atomic mass is 9.80. The van der Waals surface area contributed by atoms with Crippen molar-refractivity contribution in [2.24, 2.45) is 5.92 Å². The molecule has 108 valence electrons. The highest BCUT2D eigenvalue weighted by Crippen LogP contribution is 2.38. The number of rotatable bonds is 3. The minimum atomic E-state index is -0.242. The Bertz CT molecular complexity index is 496. The van der Waals surface area contributed by atoms with Crippen LogP contribution in [0.4, 0.5) is 4.39 Å². The normalized spacial score (nSPS) is 33.4. The van der Waals surface area contributed by atoms with E-state index in [0.29, 0.717) is 12.0 Å². The molecule has 2 aliphatic rings. The summed E-state index contributed by atoms with van der Waals surface area (Å²) < 4.78 is 13.1. The molecule has 3 rings (SSSR count). The molecule has 3 nitrogen and oxygen atoms in total. The number of hydrogen-bond donors (Lipinski definition) is 1. The zero-order chi connectivity index (χ0) is 14.3. The van der Waals surface area contributed by atoms with Gasteiger partial charge in [0.1, 0.15) is 12.0 Å². The van der Waals surface area contributed by atoms with Gasteiger partial charge < -0.3 is 4.90 Å². The van der Waals surface area contributed by atoms with Crippen LogP contribution in [0.3, 0.4) is 0 Å². The van der Waals surface area contributed by atoms with Gasteiger partial charge in [-0.3, -0.25) is 10.1 Å². The van der Waals surface area contributed by atoms with Crippen LogP contribution < -0.4 is 5.32 Å². The Morgan fingerprint density at radius 2 is 1.95 bits per heavy atom. The molecule has 1 aromatic rings. The first-order valence-corrected chi connectivity index (χ1v) is 7.43.